The number of alkyl halides is 1. The Labute approximate surface area is 221 Å². The van der Waals surface area contributed by atoms with Crippen molar-refractivity contribution in [3.05, 3.63) is 42.0 Å². The van der Waals surface area contributed by atoms with Crippen LogP contribution in [-0.4, -0.2) is 81.5 Å². The van der Waals surface area contributed by atoms with Crippen molar-refractivity contribution in [2.24, 2.45) is 0 Å². The van der Waals surface area contributed by atoms with Gasteiger partial charge in [0.1, 0.15) is 25.1 Å². The average Bonchev–Trinajstić information content (AvgIpc) is 3.56. The summed E-state index contributed by atoms with van der Waals surface area (Å²) in [5, 5.41) is 15.8. The summed E-state index contributed by atoms with van der Waals surface area (Å²) in [6.07, 6.45) is 3.92. The molecule has 3 aromatic rings. The molecular formula is C28H33FN6O3. The van der Waals surface area contributed by atoms with E-state index in [1.807, 2.05) is 24.3 Å². The molecule has 4 aliphatic heterocycles. The molecule has 0 amide bonds. The molecule has 200 valence electrons. The standard InChI is InChI=1S/C28H33FN6O3/c29-20-12-28(8-3-9-35(28)13-20)17-38-27-32-25(34-14-21-6-7-22(15-34)30-21)31-26(33-27)37-16-19-11-23(36)10-18-4-1-2-5-24(18)19/h1-2,4-5,10-11,20-22,30,36H,3,6-9,12-17H2/t20-,21?,22?,28+/m1/s1. The number of fused-ring (bicyclic) bond motifs is 4. The lowest BCUT2D eigenvalue weighted by molar-refractivity contribution is 0.106. The molecule has 5 heterocycles. The predicted octanol–water partition coefficient (Wildman–Crippen LogP) is 3.21. The minimum Gasteiger partial charge on any atom is -0.508 e. The molecule has 0 spiro atoms. The summed E-state index contributed by atoms with van der Waals surface area (Å²) in [6, 6.07) is 12.5. The van der Waals surface area contributed by atoms with Crippen molar-refractivity contribution < 1.29 is 19.0 Å². The zero-order valence-corrected chi connectivity index (χ0v) is 21.4. The fourth-order valence-corrected chi connectivity index (χ4v) is 6.84. The number of aromatic nitrogens is 3. The van der Waals surface area contributed by atoms with E-state index in [0.29, 0.717) is 37.6 Å². The molecule has 10 heteroatoms. The van der Waals surface area contributed by atoms with E-state index < -0.39 is 6.17 Å². The van der Waals surface area contributed by atoms with E-state index in [2.05, 4.69) is 30.1 Å². The Bertz CT molecular complexity index is 1330. The molecule has 4 saturated heterocycles. The van der Waals surface area contributed by atoms with E-state index in [1.54, 1.807) is 12.1 Å². The second-order valence-corrected chi connectivity index (χ2v) is 11.2. The van der Waals surface area contributed by atoms with Gasteiger partial charge in [0, 0.05) is 43.7 Å². The van der Waals surface area contributed by atoms with Gasteiger partial charge in [0.15, 0.2) is 0 Å². The van der Waals surface area contributed by atoms with E-state index >= 15 is 0 Å². The maximum absolute atomic E-state index is 14.3. The summed E-state index contributed by atoms with van der Waals surface area (Å²) in [5.41, 5.74) is 0.549. The Morgan fingerprint density at radius 2 is 1.82 bits per heavy atom. The Hall–Kier alpha value is -3.24. The largest absolute Gasteiger partial charge is 0.508 e. The van der Waals surface area contributed by atoms with Crippen molar-refractivity contribution in [1.82, 2.24) is 25.2 Å². The third-order valence-corrected chi connectivity index (χ3v) is 8.60. The highest BCUT2D eigenvalue weighted by Gasteiger charge is 2.49. The van der Waals surface area contributed by atoms with E-state index in [9.17, 15) is 9.50 Å². The van der Waals surface area contributed by atoms with Gasteiger partial charge >= 0.3 is 12.0 Å². The maximum atomic E-state index is 14.3. The van der Waals surface area contributed by atoms with E-state index in [1.165, 1.54) is 0 Å². The van der Waals surface area contributed by atoms with E-state index in [4.69, 9.17) is 9.47 Å². The summed E-state index contributed by atoms with van der Waals surface area (Å²) < 4.78 is 26.6. The number of phenolic OH excluding ortho intramolecular Hbond substituents is 1. The lowest BCUT2D eigenvalue weighted by Crippen LogP contribution is -2.51. The number of nitrogens with zero attached hydrogens (tertiary/aromatic N) is 5. The van der Waals surface area contributed by atoms with Gasteiger partial charge in [0.05, 0.1) is 5.54 Å². The van der Waals surface area contributed by atoms with E-state index in [0.717, 1.165) is 61.7 Å². The summed E-state index contributed by atoms with van der Waals surface area (Å²) in [5.74, 6) is 0.724. The molecule has 4 atom stereocenters. The average molecular weight is 521 g/mol. The van der Waals surface area contributed by atoms with Crippen molar-refractivity contribution >= 4 is 16.7 Å². The minimum absolute atomic E-state index is 0.180. The van der Waals surface area contributed by atoms with E-state index in [-0.39, 0.29) is 29.9 Å². The smallest absolute Gasteiger partial charge is 0.324 e. The number of benzene rings is 2. The van der Waals surface area contributed by atoms with Gasteiger partial charge in [-0.1, -0.05) is 24.3 Å². The molecule has 9 nitrogen and oxygen atoms in total. The molecule has 0 aliphatic carbocycles. The summed E-state index contributed by atoms with van der Waals surface area (Å²) >= 11 is 0. The Kier molecular flexibility index (Phi) is 5.96. The number of aromatic hydroxyl groups is 1. The fourth-order valence-electron chi connectivity index (χ4n) is 6.84. The maximum Gasteiger partial charge on any atom is 0.324 e. The van der Waals surface area contributed by atoms with Crippen LogP contribution in [0.2, 0.25) is 0 Å². The SMILES string of the molecule is Oc1cc(COc2nc(OC[C@@]34CCCN3C[C@H](F)C4)nc(N3CC4CCC(C3)N4)n2)c2ccccc2c1. The van der Waals surface area contributed by atoms with Crippen LogP contribution in [0.4, 0.5) is 10.3 Å². The molecule has 2 aromatic carbocycles. The number of nitrogens with one attached hydrogen (secondary N) is 1. The molecule has 7 rings (SSSR count). The van der Waals surface area contributed by atoms with Gasteiger partial charge < -0.3 is 24.8 Å². The number of hydrogen-bond acceptors (Lipinski definition) is 9. The molecule has 0 radical (unpaired) electrons. The Morgan fingerprint density at radius 1 is 1.03 bits per heavy atom. The lowest BCUT2D eigenvalue weighted by Gasteiger charge is -2.33. The monoisotopic (exact) mass is 520 g/mol. The van der Waals surface area contributed by atoms with Gasteiger partial charge in [-0.25, -0.2) is 4.39 Å². The number of phenols is 1. The normalized spacial score (nSPS) is 28.7. The Balaban J connectivity index is 1.16. The second kappa shape index (κ2) is 9.50. The van der Waals surface area contributed by atoms with Gasteiger partial charge in [0.2, 0.25) is 5.95 Å². The van der Waals surface area contributed by atoms with Crippen LogP contribution < -0.4 is 19.7 Å². The Morgan fingerprint density at radius 3 is 2.66 bits per heavy atom. The highest BCUT2D eigenvalue weighted by atomic mass is 19.1. The van der Waals surface area contributed by atoms with Gasteiger partial charge in [-0.15, -0.1) is 4.98 Å². The number of piperazine rings is 1. The number of hydrogen-bond donors (Lipinski definition) is 2. The highest BCUT2D eigenvalue weighted by Crippen LogP contribution is 2.40. The van der Waals surface area contributed by atoms with Crippen molar-refractivity contribution in [2.45, 2.75) is 62.5 Å². The topological polar surface area (TPSA) is 95.9 Å². The fraction of sp³-hybridized carbons (Fsp3) is 0.536. The quantitative estimate of drug-likeness (QED) is 0.487. The van der Waals surface area contributed by atoms with Gasteiger partial charge in [-0.2, -0.15) is 9.97 Å². The molecule has 4 aliphatic rings. The van der Waals surface area contributed by atoms with Crippen LogP contribution >= 0.6 is 0 Å². The van der Waals surface area contributed by atoms with Crippen molar-refractivity contribution in [2.75, 3.05) is 37.7 Å². The molecule has 2 N–H and O–H groups in total. The third kappa shape index (κ3) is 4.49. The van der Waals surface area contributed by atoms with Crippen LogP contribution in [0.5, 0.6) is 17.8 Å². The summed E-state index contributed by atoms with van der Waals surface area (Å²) in [6.45, 7) is 3.55. The minimum atomic E-state index is -0.819. The predicted molar refractivity (Wildman–Crippen MR) is 140 cm³/mol. The molecular weight excluding hydrogens is 487 g/mol. The first kappa shape index (κ1) is 23.8. The van der Waals surface area contributed by atoms with Crippen LogP contribution in [0.1, 0.15) is 37.7 Å². The first-order valence-electron chi connectivity index (χ1n) is 13.7. The third-order valence-electron chi connectivity index (χ3n) is 8.60. The first-order valence-corrected chi connectivity index (χ1v) is 13.7. The number of halogens is 1. The summed E-state index contributed by atoms with van der Waals surface area (Å²) in [7, 11) is 0. The van der Waals surface area contributed by atoms with Crippen LogP contribution in [0.3, 0.4) is 0 Å². The van der Waals surface area contributed by atoms with Crippen molar-refractivity contribution in [3.8, 4) is 17.8 Å². The summed E-state index contributed by atoms with van der Waals surface area (Å²) in [4.78, 5) is 18.3. The second-order valence-electron chi connectivity index (χ2n) is 11.2. The van der Waals surface area contributed by atoms with Gasteiger partial charge in [-0.05, 0) is 55.1 Å². The molecule has 2 bridgehead atoms. The van der Waals surface area contributed by atoms with Gasteiger partial charge in [0.25, 0.3) is 0 Å². The molecule has 4 fully saturated rings. The zero-order valence-electron chi connectivity index (χ0n) is 21.4. The number of ether oxygens (including phenoxy) is 2. The van der Waals surface area contributed by atoms with Gasteiger partial charge in [-0.3, -0.25) is 4.90 Å². The number of rotatable bonds is 7. The van der Waals surface area contributed by atoms with Crippen molar-refractivity contribution in [3.63, 3.8) is 0 Å². The van der Waals surface area contributed by atoms with Crippen LogP contribution in [0.15, 0.2) is 36.4 Å². The molecule has 2 unspecified atom stereocenters. The first-order chi connectivity index (χ1) is 18.5. The lowest BCUT2D eigenvalue weighted by atomic mass is 9.95. The van der Waals surface area contributed by atoms with Crippen LogP contribution in [-0.2, 0) is 6.61 Å². The van der Waals surface area contributed by atoms with Crippen molar-refractivity contribution in [1.29, 1.82) is 0 Å². The zero-order chi connectivity index (χ0) is 25.7. The van der Waals surface area contributed by atoms with Crippen LogP contribution in [0, 0.1) is 0 Å². The molecule has 38 heavy (non-hydrogen) atoms. The number of anilines is 1. The highest BCUT2D eigenvalue weighted by molar-refractivity contribution is 5.87. The molecule has 0 saturated carbocycles. The molecule has 1 aromatic heterocycles. The van der Waals surface area contributed by atoms with Crippen LogP contribution in [0.25, 0.3) is 10.8 Å².